The molecule has 0 radical (unpaired) electrons. The molecule has 5 nitrogen and oxygen atoms in total. The normalized spacial score (nSPS) is 11.2. The van der Waals surface area contributed by atoms with Gasteiger partial charge in [-0.25, -0.2) is 0 Å². The van der Waals surface area contributed by atoms with Gasteiger partial charge in [-0.3, -0.25) is 9.59 Å². The molecule has 6 heteroatoms. The van der Waals surface area contributed by atoms with Gasteiger partial charge in [0.2, 0.25) is 5.91 Å². The van der Waals surface area contributed by atoms with E-state index >= 15 is 0 Å². The van der Waals surface area contributed by atoms with Crippen LogP contribution in [0.2, 0.25) is 5.02 Å². The van der Waals surface area contributed by atoms with E-state index in [0.29, 0.717) is 16.1 Å². The van der Waals surface area contributed by atoms with Crippen molar-refractivity contribution in [2.45, 2.75) is 26.0 Å². The van der Waals surface area contributed by atoms with Crippen molar-refractivity contribution in [2.75, 3.05) is 0 Å². The minimum Gasteiger partial charge on any atom is -0.461 e. The lowest BCUT2D eigenvalue weighted by atomic mass is 10.0. The number of carbonyl (C=O) groups is 2. The van der Waals surface area contributed by atoms with Gasteiger partial charge in [-0.1, -0.05) is 41.9 Å². The third-order valence-corrected chi connectivity index (χ3v) is 3.80. The number of nitrogens with zero attached hydrogens (tertiary/aromatic N) is 1. The van der Waals surface area contributed by atoms with Crippen LogP contribution in [0.3, 0.4) is 0 Å². The van der Waals surface area contributed by atoms with Gasteiger partial charge in [0.25, 0.3) is 0 Å². The fourth-order valence-electron chi connectivity index (χ4n) is 2.33. The first-order valence-electron chi connectivity index (χ1n) is 7.66. The molecule has 2 aromatic rings. The van der Waals surface area contributed by atoms with E-state index in [1.165, 1.54) is 6.92 Å². The molecule has 0 fully saturated rings. The lowest BCUT2D eigenvalue weighted by Crippen LogP contribution is -2.28. The van der Waals surface area contributed by atoms with Gasteiger partial charge in [0, 0.05) is 17.5 Å². The van der Waals surface area contributed by atoms with Crippen molar-refractivity contribution in [1.29, 1.82) is 5.26 Å². The molecule has 0 aromatic heterocycles. The predicted octanol–water partition coefficient (Wildman–Crippen LogP) is 3.52. The topological polar surface area (TPSA) is 79.2 Å². The molecule has 1 amide bonds. The first-order valence-corrected chi connectivity index (χ1v) is 8.03. The number of ether oxygens (including phenoxy) is 1. The van der Waals surface area contributed by atoms with Crippen molar-refractivity contribution < 1.29 is 14.3 Å². The van der Waals surface area contributed by atoms with Crippen LogP contribution in [-0.4, -0.2) is 11.9 Å². The van der Waals surface area contributed by atoms with E-state index in [-0.39, 0.29) is 18.9 Å². The summed E-state index contributed by atoms with van der Waals surface area (Å²) in [6.45, 7) is 1.40. The molecule has 1 atom stereocenters. The zero-order valence-corrected chi connectivity index (χ0v) is 14.4. The maximum Gasteiger partial charge on any atom is 0.308 e. The van der Waals surface area contributed by atoms with Crippen LogP contribution >= 0.6 is 11.6 Å². The van der Waals surface area contributed by atoms with Crippen LogP contribution in [0.4, 0.5) is 0 Å². The average Bonchev–Trinajstić information content (AvgIpc) is 2.60. The lowest BCUT2D eigenvalue weighted by Gasteiger charge is -2.18. The number of carbonyl (C=O) groups excluding carboxylic acids is 2. The summed E-state index contributed by atoms with van der Waals surface area (Å²) in [5.74, 6) is -0.719. The van der Waals surface area contributed by atoms with E-state index in [1.54, 1.807) is 48.5 Å². The van der Waals surface area contributed by atoms with Crippen LogP contribution in [0.5, 0.6) is 0 Å². The molecule has 128 valence electrons. The van der Waals surface area contributed by atoms with E-state index in [9.17, 15) is 9.59 Å². The Balaban J connectivity index is 2.03. The van der Waals surface area contributed by atoms with Gasteiger partial charge >= 0.3 is 5.97 Å². The van der Waals surface area contributed by atoms with E-state index < -0.39 is 12.0 Å². The molecule has 0 saturated carbocycles. The molecule has 2 rings (SSSR count). The third kappa shape index (κ3) is 5.63. The zero-order valence-electron chi connectivity index (χ0n) is 13.7. The summed E-state index contributed by atoms with van der Waals surface area (Å²) in [5.41, 5.74) is 1.86. The number of rotatable bonds is 6. The number of nitriles is 1. The Bertz CT molecular complexity index is 797. The van der Waals surface area contributed by atoms with Gasteiger partial charge in [0.05, 0.1) is 24.1 Å². The van der Waals surface area contributed by atoms with Gasteiger partial charge in [-0.2, -0.15) is 5.26 Å². The molecule has 0 spiro atoms. The van der Waals surface area contributed by atoms with Gasteiger partial charge in [0.15, 0.2) is 0 Å². The highest BCUT2D eigenvalue weighted by Gasteiger charge is 2.18. The summed E-state index contributed by atoms with van der Waals surface area (Å²) in [6.07, 6.45) is -0.0179. The Labute approximate surface area is 151 Å². The Morgan fingerprint density at radius 2 is 1.88 bits per heavy atom. The van der Waals surface area contributed by atoms with E-state index in [1.807, 2.05) is 0 Å². The Kier molecular flexibility index (Phi) is 6.55. The number of nitrogens with one attached hydrogen (secondary N) is 1. The fraction of sp³-hybridized carbons (Fsp3) is 0.211. The van der Waals surface area contributed by atoms with Gasteiger partial charge in [-0.05, 0) is 23.8 Å². The molecule has 1 N–H and O–H groups in total. The summed E-state index contributed by atoms with van der Waals surface area (Å²) in [7, 11) is 0. The summed E-state index contributed by atoms with van der Waals surface area (Å²) >= 11 is 5.87. The highest BCUT2D eigenvalue weighted by molar-refractivity contribution is 6.30. The standard InChI is InChI=1S/C19H17ClN2O3/c1-13(23)22-18(14-6-8-17(20)9-7-14)10-19(24)25-12-16-5-3-2-4-15(16)11-21/h2-9,18H,10,12H2,1H3,(H,22,23). The van der Waals surface area contributed by atoms with Crippen molar-refractivity contribution >= 4 is 23.5 Å². The molecule has 0 aliphatic rings. The molecule has 0 aliphatic heterocycles. The van der Waals surface area contributed by atoms with Crippen molar-refractivity contribution in [3.63, 3.8) is 0 Å². The number of amides is 1. The second kappa shape index (κ2) is 8.86. The minimum absolute atomic E-state index is 0.00990. The molecular formula is C19H17ClN2O3. The SMILES string of the molecule is CC(=O)NC(CC(=O)OCc1ccccc1C#N)c1ccc(Cl)cc1. The van der Waals surface area contributed by atoms with Crippen LogP contribution in [0, 0.1) is 11.3 Å². The highest BCUT2D eigenvalue weighted by atomic mass is 35.5. The third-order valence-electron chi connectivity index (χ3n) is 3.55. The van der Waals surface area contributed by atoms with E-state index in [0.717, 1.165) is 5.56 Å². The molecule has 1 unspecified atom stereocenters. The zero-order chi connectivity index (χ0) is 18.2. The number of halogens is 1. The maximum absolute atomic E-state index is 12.2. The Morgan fingerprint density at radius 3 is 2.52 bits per heavy atom. The maximum atomic E-state index is 12.2. The molecule has 25 heavy (non-hydrogen) atoms. The summed E-state index contributed by atoms with van der Waals surface area (Å²) in [6, 6.07) is 15.4. The van der Waals surface area contributed by atoms with Crippen molar-refractivity contribution in [2.24, 2.45) is 0 Å². The van der Waals surface area contributed by atoms with Gasteiger partial charge < -0.3 is 10.1 Å². The first-order chi connectivity index (χ1) is 12.0. The van der Waals surface area contributed by atoms with Crippen LogP contribution in [-0.2, 0) is 20.9 Å². The Morgan fingerprint density at radius 1 is 1.20 bits per heavy atom. The highest BCUT2D eigenvalue weighted by Crippen LogP contribution is 2.20. The summed E-state index contributed by atoms with van der Waals surface area (Å²) in [4.78, 5) is 23.6. The number of esters is 1. The molecule has 0 aliphatic carbocycles. The number of hydrogen-bond acceptors (Lipinski definition) is 4. The second-order valence-electron chi connectivity index (χ2n) is 5.44. The molecule has 0 bridgehead atoms. The van der Waals surface area contributed by atoms with Crippen LogP contribution in [0.25, 0.3) is 0 Å². The number of benzene rings is 2. The minimum atomic E-state index is -0.506. The monoisotopic (exact) mass is 356 g/mol. The van der Waals surface area contributed by atoms with Gasteiger partial charge in [-0.15, -0.1) is 0 Å². The smallest absolute Gasteiger partial charge is 0.308 e. The lowest BCUT2D eigenvalue weighted by molar-refractivity contribution is -0.145. The Hall–Kier alpha value is -2.84. The first kappa shape index (κ1) is 18.5. The molecule has 0 heterocycles. The number of hydrogen-bond donors (Lipinski definition) is 1. The second-order valence-corrected chi connectivity index (χ2v) is 5.87. The van der Waals surface area contributed by atoms with Crippen molar-refractivity contribution in [3.05, 3.63) is 70.2 Å². The quantitative estimate of drug-likeness (QED) is 0.803. The molecular weight excluding hydrogens is 340 g/mol. The van der Waals surface area contributed by atoms with Crippen molar-refractivity contribution in [3.8, 4) is 6.07 Å². The average molecular weight is 357 g/mol. The van der Waals surface area contributed by atoms with E-state index in [2.05, 4.69) is 11.4 Å². The van der Waals surface area contributed by atoms with Crippen LogP contribution in [0.15, 0.2) is 48.5 Å². The molecule has 0 saturated heterocycles. The summed E-state index contributed by atoms with van der Waals surface area (Å²) in [5, 5.41) is 12.4. The summed E-state index contributed by atoms with van der Waals surface area (Å²) < 4.78 is 5.26. The largest absolute Gasteiger partial charge is 0.461 e. The molecule has 2 aromatic carbocycles. The fourth-order valence-corrected chi connectivity index (χ4v) is 2.46. The van der Waals surface area contributed by atoms with Crippen LogP contribution < -0.4 is 5.32 Å². The van der Waals surface area contributed by atoms with Crippen LogP contribution in [0.1, 0.15) is 36.1 Å². The van der Waals surface area contributed by atoms with E-state index in [4.69, 9.17) is 21.6 Å². The van der Waals surface area contributed by atoms with Gasteiger partial charge in [0.1, 0.15) is 6.61 Å². The predicted molar refractivity (Wildman–Crippen MR) is 93.6 cm³/mol. The van der Waals surface area contributed by atoms with Crippen molar-refractivity contribution in [1.82, 2.24) is 5.32 Å².